The monoisotopic (exact) mass is 530 g/mol. The molecule has 0 spiro atoms. The minimum Gasteiger partial charge on any atom is -0.496 e. The highest BCUT2D eigenvalue weighted by atomic mass is 32.2. The summed E-state index contributed by atoms with van der Waals surface area (Å²) in [5.74, 6) is 0.461. The van der Waals surface area contributed by atoms with Gasteiger partial charge in [0.05, 0.1) is 22.9 Å². The van der Waals surface area contributed by atoms with Gasteiger partial charge in [-0.25, -0.2) is 18.1 Å². The van der Waals surface area contributed by atoms with Crippen molar-refractivity contribution in [2.45, 2.75) is 36.5 Å². The number of nitrogens with zero attached hydrogens (tertiary/aromatic N) is 3. The minimum atomic E-state index is -4.21. The third-order valence-electron chi connectivity index (χ3n) is 7.18. The summed E-state index contributed by atoms with van der Waals surface area (Å²) >= 11 is 0. The number of fused-ring (bicyclic) bond motifs is 1. The number of carbonyl (C=O) groups is 1. The average molecular weight is 531 g/mol. The van der Waals surface area contributed by atoms with Crippen LogP contribution in [-0.4, -0.2) is 45.5 Å². The van der Waals surface area contributed by atoms with E-state index in [0.717, 1.165) is 22.6 Å². The maximum Gasteiger partial charge on any atom is 0.264 e. The molecule has 0 aliphatic heterocycles. The molecule has 1 aliphatic carbocycles. The number of anilines is 1. The van der Waals surface area contributed by atoms with Crippen LogP contribution in [0.1, 0.15) is 34.7 Å². The maximum atomic E-state index is 14.1. The number of aryl methyl sites for hydroxylation is 2. The molecule has 0 unspecified atom stereocenters. The number of nitrogens with one attached hydrogen (secondary N) is 1. The Kier molecular flexibility index (Phi) is 6.35. The van der Waals surface area contributed by atoms with Crippen molar-refractivity contribution in [2.24, 2.45) is 0 Å². The van der Waals surface area contributed by atoms with Crippen molar-refractivity contribution in [1.82, 2.24) is 14.7 Å². The van der Waals surface area contributed by atoms with Crippen molar-refractivity contribution in [3.05, 3.63) is 89.2 Å². The van der Waals surface area contributed by atoms with E-state index in [1.165, 1.54) is 6.07 Å². The Hall–Kier alpha value is -3.98. The number of amides is 1. The molecule has 2 atom stereocenters. The zero-order chi connectivity index (χ0) is 27.2. The summed E-state index contributed by atoms with van der Waals surface area (Å²) in [7, 11) is 1.15. The molecule has 9 heteroatoms. The van der Waals surface area contributed by atoms with Crippen molar-refractivity contribution in [3.8, 4) is 5.75 Å². The second-order valence-corrected chi connectivity index (χ2v) is 11.6. The first-order valence-corrected chi connectivity index (χ1v) is 13.8. The fourth-order valence-corrected chi connectivity index (χ4v) is 6.36. The number of carbonyl (C=O) groups excluding carboxylic acids is 1. The van der Waals surface area contributed by atoms with Crippen LogP contribution in [0.15, 0.2) is 71.8 Å². The number of rotatable bonds is 7. The fraction of sp³-hybridized carbons (Fsp3) is 0.276. The summed E-state index contributed by atoms with van der Waals surface area (Å²) in [5, 5.41) is 0.455. The number of ether oxygens (including phenoxy) is 1. The first kappa shape index (κ1) is 25.7. The Morgan fingerprint density at radius 1 is 1.08 bits per heavy atom. The van der Waals surface area contributed by atoms with Crippen LogP contribution in [0.5, 0.6) is 5.75 Å². The van der Waals surface area contributed by atoms with E-state index in [9.17, 15) is 13.2 Å². The summed E-state index contributed by atoms with van der Waals surface area (Å²) in [6.45, 7) is 3.77. The van der Waals surface area contributed by atoms with Gasteiger partial charge in [-0.1, -0.05) is 29.8 Å². The van der Waals surface area contributed by atoms with E-state index < -0.39 is 21.3 Å². The van der Waals surface area contributed by atoms with E-state index in [-0.39, 0.29) is 10.8 Å². The predicted octanol–water partition coefficient (Wildman–Crippen LogP) is 4.25. The highest BCUT2D eigenvalue weighted by Gasteiger charge is 2.63. The molecule has 1 fully saturated rings. The number of sulfonamides is 1. The quantitative estimate of drug-likeness (QED) is 0.381. The van der Waals surface area contributed by atoms with Crippen LogP contribution in [0.3, 0.4) is 0 Å². The van der Waals surface area contributed by atoms with Crippen LogP contribution < -0.4 is 14.4 Å². The van der Waals surface area contributed by atoms with Gasteiger partial charge in [-0.05, 0) is 62.2 Å². The molecule has 2 heterocycles. The van der Waals surface area contributed by atoms with E-state index >= 15 is 0 Å². The molecule has 8 nitrogen and oxygen atoms in total. The van der Waals surface area contributed by atoms with E-state index in [1.54, 1.807) is 37.6 Å². The smallest absolute Gasteiger partial charge is 0.264 e. The highest BCUT2D eigenvalue weighted by Crippen LogP contribution is 2.62. The summed E-state index contributed by atoms with van der Waals surface area (Å²) in [4.78, 5) is 24.9. The van der Waals surface area contributed by atoms with Crippen LogP contribution in [0.25, 0.3) is 10.9 Å². The van der Waals surface area contributed by atoms with Crippen molar-refractivity contribution >= 4 is 32.7 Å². The first-order valence-electron chi connectivity index (χ1n) is 12.3. The molecule has 1 N–H and O–H groups in total. The lowest BCUT2D eigenvalue weighted by Crippen LogP contribution is -2.40. The van der Waals surface area contributed by atoms with E-state index in [2.05, 4.69) is 14.7 Å². The number of hydrogen-bond donors (Lipinski definition) is 1. The van der Waals surface area contributed by atoms with Gasteiger partial charge in [0.15, 0.2) is 0 Å². The Bertz CT molecular complexity index is 1650. The van der Waals surface area contributed by atoms with Crippen molar-refractivity contribution in [2.75, 3.05) is 26.1 Å². The van der Waals surface area contributed by atoms with Gasteiger partial charge in [0.25, 0.3) is 10.0 Å². The highest BCUT2D eigenvalue weighted by molar-refractivity contribution is 7.90. The van der Waals surface area contributed by atoms with Gasteiger partial charge in [0.2, 0.25) is 5.91 Å². The lowest BCUT2D eigenvalue weighted by Gasteiger charge is -2.22. The number of aromatic nitrogens is 2. The Balaban J connectivity index is 1.58. The molecule has 4 aromatic rings. The standard InChI is InChI=1S/C29H30N4O4S/c1-18-9-13-25(37-5)22(15-18)29(16-23(29)20-11-14-27(30-17-20)33(3)4)28(34)32-38(35,36)26-8-6-7-24-21(26)12-10-19(2)31-24/h6-15,17,23H,16H2,1-5H3,(H,32,34)/t23-,29-/m1/s1. The maximum absolute atomic E-state index is 14.1. The number of benzene rings is 2. The fourth-order valence-electron chi connectivity index (χ4n) is 5.11. The average Bonchev–Trinajstić information content (AvgIpc) is 3.65. The van der Waals surface area contributed by atoms with Gasteiger partial charge in [-0.2, -0.15) is 0 Å². The number of pyridine rings is 2. The normalized spacial score (nSPS) is 18.7. The molecule has 0 saturated heterocycles. The lowest BCUT2D eigenvalue weighted by atomic mass is 9.88. The minimum absolute atomic E-state index is 0.0106. The molecule has 2 aromatic heterocycles. The van der Waals surface area contributed by atoms with E-state index in [0.29, 0.717) is 28.6 Å². The van der Waals surface area contributed by atoms with Gasteiger partial charge in [-0.3, -0.25) is 9.78 Å². The Morgan fingerprint density at radius 3 is 2.55 bits per heavy atom. The second-order valence-electron chi connectivity index (χ2n) is 9.99. The molecule has 1 aliphatic rings. The molecule has 196 valence electrons. The van der Waals surface area contributed by atoms with Gasteiger partial charge in [0.1, 0.15) is 11.6 Å². The van der Waals surface area contributed by atoms with Gasteiger partial charge in [-0.15, -0.1) is 0 Å². The van der Waals surface area contributed by atoms with Crippen LogP contribution in [-0.2, 0) is 20.2 Å². The first-order chi connectivity index (χ1) is 18.1. The summed E-state index contributed by atoms with van der Waals surface area (Å²) < 4.78 is 35.3. The summed E-state index contributed by atoms with van der Waals surface area (Å²) in [5.41, 5.74) is 2.65. The Labute approximate surface area is 222 Å². The van der Waals surface area contributed by atoms with Crippen LogP contribution in [0, 0.1) is 13.8 Å². The molecule has 0 bridgehead atoms. The topological polar surface area (TPSA) is 101 Å². The molecular weight excluding hydrogens is 500 g/mol. The van der Waals surface area contributed by atoms with Crippen LogP contribution in [0.2, 0.25) is 0 Å². The van der Waals surface area contributed by atoms with E-state index in [4.69, 9.17) is 4.74 Å². The number of hydrogen-bond acceptors (Lipinski definition) is 7. The molecule has 0 radical (unpaired) electrons. The number of methoxy groups -OCH3 is 1. The van der Waals surface area contributed by atoms with Crippen molar-refractivity contribution in [1.29, 1.82) is 0 Å². The van der Waals surface area contributed by atoms with Crippen molar-refractivity contribution < 1.29 is 17.9 Å². The summed E-state index contributed by atoms with van der Waals surface area (Å²) in [6.07, 6.45) is 2.18. The molecule has 38 heavy (non-hydrogen) atoms. The third-order valence-corrected chi connectivity index (χ3v) is 8.57. The van der Waals surface area contributed by atoms with Crippen molar-refractivity contribution in [3.63, 3.8) is 0 Å². The third kappa shape index (κ3) is 4.36. The van der Waals surface area contributed by atoms with Gasteiger partial charge < -0.3 is 9.64 Å². The van der Waals surface area contributed by atoms with Gasteiger partial charge >= 0.3 is 0 Å². The SMILES string of the molecule is COc1ccc(C)cc1[C@]1(C(=O)NS(=O)(=O)c2cccc3nc(C)ccc23)C[C@@H]1c1ccc(N(C)C)nc1. The lowest BCUT2D eigenvalue weighted by molar-refractivity contribution is -0.122. The Morgan fingerprint density at radius 2 is 1.87 bits per heavy atom. The zero-order valence-electron chi connectivity index (χ0n) is 22.0. The molecule has 1 saturated carbocycles. The molecular formula is C29H30N4O4S. The van der Waals surface area contributed by atoms with Crippen LogP contribution >= 0.6 is 0 Å². The molecule has 1 amide bonds. The largest absolute Gasteiger partial charge is 0.496 e. The second kappa shape index (κ2) is 9.40. The van der Waals surface area contributed by atoms with E-state index in [1.807, 2.05) is 63.2 Å². The summed E-state index contributed by atoms with van der Waals surface area (Å²) in [6, 6.07) is 17.8. The van der Waals surface area contributed by atoms with Gasteiger partial charge in [0, 0.05) is 42.9 Å². The zero-order valence-corrected chi connectivity index (χ0v) is 22.8. The predicted molar refractivity (Wildman–Crippen MR) is 147 cm³/mol. The molecule has 5 rings (SSSR count). The molecule has 2 aromatic carbocycles. The van der Waals surface area contributed by atoms with Crippen LogP contribution in [0.4, 0.5) is 5.82 Å².